The summed E-state index contributed by atoms with van der Waals surface area (Å²) in [5.41, 5.74) is 3.13. The lowest BCUT2D eigenvalue weighted by Crippen LogP contribution is -2.22. The fraction of sp³-hybridized carbons (Fsp3) is 0.231. The van der Waals surface area contributed by atoms with Crippen molar-refractivity contribution < 1.29 is 0 Å². The van der Waals surface area contributed by atoms with E-state index in [1.807, 2.05) is 32.0 Å². The first-order chi connectivity index (χ1) is 7.65. The Morgan fingerprint density at radius 2 is 2.00 bits per heavy atom. The third-order valence-corrected chi connectivity index (χ3v) is 2.42. The third-order valence-electron chi connectivity index (χ3n) is 2.42. The molecule has 0 N–H and O–H groups in total. The van der Waals surface area contributed by atoms with Crippen LogP contribution in [0.3, 0.4) is 0 Å². The molecule has 2 rings (SSSR count). The first-order valence-corrected chi connectivity index (χ1v) is 5.24. The van der Waals surface area contributed by atoms with Crippen LogP contribution in [0.4, 0.5) is 0 Å². The average molecular weight is 214 g/mol. The van der Waals surface area contributed by atoms with E-state index in [2.05, 4.69) is 11.2 Å². The van der Waals surface area contributed by atoms with Gasteiger partial charge in [0.15, 0.2) is 0 Å². The number of aryl methyl sites for hydroxylation is 2. The predicted molar refractivity (Wildman–Crippen MR) is 63.5 cm³/mol. The summed E-state index contributed by atoms with van der Waals surface area (Å²) in [4.78, 5) is 11.6. The van der Waals surface area contributed by atoms with Crippen LogP contribution in [0.15, 0.2) is 41.3 Å². The van der Waals surface area contributed by atoms with E-state index in [0.717, 1.165) is 11.1 Å². The van der Waals surface area contributed by atoms with Gasteiger partial charge in [-0.25, -0.2) is 4.68 Å². The second kappa shape index (κ2) is 4.31. The zero-order valence-electron chi connectivity index (χ0n) is 9.47. The zero-order valence-corrected chi connectivity index (χ0v) is 9.47. The highest BCUT2D eigenvalue weighted by molar-refractivity contribution is 5.22. The highest BCUT2D eigenvalue weighted by Gasteiger charge is 1.99. The van der Waals surface area contributed by atoms with Crippen LogP contribution >= 0.6 is 0 Å². The van der Waals surface area contributed by atoms with Crippen LogP contribution < -0.4 is 5.56 Å². The summed E-state index contributed by atoms with van der Waals surface area (Å²) in [6.45, 7) is 4.43. The highest BCUT2D eigenvalue weighted by Crippen LogP contribution is 2.04. The van der Waals surface area contributed by atoms with Gasteiger partial charge in [-0.3, -0.25) is 4.79 Å². The van der Waals surface area contributed by atoms with Crippen LogP contribution in [0, 0.1) is 13.8 Å². The van der Waals surface area contributed by atoms with E-state index < -0.39 is 0 Å². The van der Waals surface area contributed by atoms with Crippen LogP contribution in [0.2, 0.25) is 0 Å². The van der Waals surface area contributed by atoms with Crippen LogP contribution in [-0.4, -0.2) is 9.78 Å². The first kappa shape index (κ1) is 10.6. The lowest BCUT2D eigenvalue weighted by atomic mass is 10.1. The van der Waals surface area contributed by atoms with Crippen LogP contribution in [-0.2, 0) is 6.54 Å². The second-order valence-corrected chi connectivity index (χ2v) is 4.02. The topological polar surface area (TPSA) is 34.9 Å². The maximum Gasteiger partial charge on any atom is 0.267 e. The van der Waals surface area contributed by atoms with Gasteiger partial charge in [-0.1, -0.05) is 29.8 Å². The summed E-state index contributed by atoms with van der Waals surface area (Å²) < 4.78 is 1.47. The summed E-state index contributed by atoms with van der Waals surface area (Å²) in [5, 5.41) is 4.11. The van der Waals surface area contributed by atoms with E-state index in [4.69, 9.17) is 0 Å². The molecule has 0 aliphatic heterocycles. The molecule has 0 fully saturated rings. The molecular weight excluding hydrogens is 200 g/mol. The number of aromatic nitrogens is 2. The molecule has 82 valence electrons. The molecule has 3 heteroatoms. The van der Waals surface area contributed by atoms with E-state index >= 15 is 0 Å². The molecule has 16 heavy (non-hydrogen) atoms. The Balaban J connectivity index is 2.31. The fourth-order valence-electron chi connectivity index (χ4n) is 1.63. The molecule has 0 unspecified atom stereocenters. The Bertz CT molecular complexity index is 558. The van der Waals surface area contributed by atoms with E-state index in [9.17, 15) is 4.79 Å². The Morgan fingerprint density at radius 3 is 2.69 bits per heavy atom. The lowest BCUT2D eigenvalue weighted by Gasteiger charge is -2.05. The molecule has 0 spiro atoms. The number of hydrogen-bond acceptors (Lipinski definition) is 2. The maximum atomic E-state index is 11.6. The molecule has 0 aliphatic carbocycles. The maximum absolute atomic E-state index is 11.6. The number of nitrogens with zero attached hydrogens (tertiary/aromatic N) is 2. The summed E-state index contributed by atoms with van der Waals surface area (Å²) in [6.07, 6.45) is 1.71. The number of benzene rings is 1. The summed E-state index contributed by atoms with van der Waals surface area (Å²) in [7, 11) is 0. The van der Waals surface area contributed by atoms with Crippen molar-refractivity contribution in [3.05, 3.63) is 63.6 Å². The highest BCUT2D eigenvalue weighted by atomic mass is 16.1. The molecule has 0 radical (unpaired) electrons. The quantitative estimate of drug-likeness (QED) is 0.765. The summed E-state index contributed by atoms with van der Waals surface area (Å²) in [5.74, 6) is 0. The Hall–Kier alpha value is -1.90. The van der Waals surface area contributed by atoms with Crippen molar-refractivity contribution in [3.8, 4) is 0 Å². The van der Waals surface area contributed by atoms with Crippen molar-refractivity contribution in [3.63, 3.8) is 0 Å². The molecule has 0 amide bonds. The van der Waals surface area contributed by atoms with Crippen molar-refractivity contribution in [1.82, 2.24) is 9.78 Å². The molecule has 0 aliphatic rings. The van der Waals surface area contributed by atoms with E-state index in [0.29, 0.717) is 6.54 Å². The average Bonchev–Trinajstić information content (AvgIpc) is 2.22. The molecule has 0 bridgehead atoms. The number of hydrogen-bond donors (Lipinski definition) is 0. The van der Waals surface area contributed by atoms with Gasteiger partial charge in [-0.05, 0) is 25.0 Å². The Labute approximate surface area is 94.4 Å². The van der Waals surface area contributed by atoms with Gasteiger partial charge >= 0.3 is 0 Å². The molecule has 0 saturated heterocycles. The molecule has 3 nitrogen and oxygen atoms in total. The summed E-state index contributed by atoms with van der Waals surface area (Å²) >= 11 is 0. The smallest absolute Gasteiger partial charge is 0.267 e. The van der Waals surface area contributed by atoms with Crippen molar-refractivity contribution >= 4 is 0 Å². The van der Waals surface area contributed by atoms with Crippen molar-refractivity contribution in [1.29, 1.82) is 0 Å². The van der Waals surface area contributed by atoms with Crippen LogP contribution in [0.5, 0.6) is 0 Å². The molecule has 0 saturated carbocycles. The van der Waals surface area contributed by atoms with E-state index in [-0.39, 0.29) is 5.56 Å². The number of rotatable bonds is 2. The van der Waals surface area contributed by atoms with Gasteiger partial charge in [0.05, 0.1) is 12.7 Å². The minimum Gasteiger partial charge on any atom is -0.268 e. The Kier molecular flexibility index (Phi) is 2.86. The van der Waals surface area contributed by atoms with Gasteiger partial charge in [0, 0.05) is 6.07 Å². The molecule has 1 aromatic heterocycles. The monoisotopic (exact) mass is 214 g/mol. The minimum atomic E-state index is -0.0542. The van der Waals surface area contributed by atoms with Crippen molar-refractivity contribution in [2.75, 3.05) is 0 Å². The molecule has 1 heterocycles. The van der Waals surface area contributed by atoms with Gasteiger partial charge in [0.2, 0.25) is 0 Å². The zero-order chi connectivity index (χ0) is 11.5. The normalized spacial score (nSPS) is 10.4. The van der Waals surface area contributed by atoms with E-state index in [1.54, 1.807) is 12.3 Å². The molecule has 1 aromatic carbocycles. The summed E-state index contributed by atoms with van der Waals surface area (Å²) in [6, 6.07) is 9.69. The minimum absolute atomic E-state index is 0.0542. The van der Waals surface area contributed by atoms with Crippen LogP contribution in [0.1, 0.15) is 16.7 Å². The predicted octanol–water partition coefficient (Wildman–Crippen LogP) is 1.91. The molecule has 0 atom stereocenters. The van der Waals surface area contributed by atoms with Gasteiger partial charge in [0.25, 0.3) is 5.56 Å². The largest absolute Gasteiger partial charge is 0.268 e. The third kappa shape index (κ3) is 2.37. The van der Waals surface area contributed by atoms with E-state index in [1.165, 1.54) is 10.2 Å². The van der Waals surface area contributed by atoms with Gasteiger partial charge in [-0.2, -0.15) is 5.10 Å². The van der Waals surface area contributed by atoms with Gasteiger partial charge in [-0.15, -0.1) is 0 Å². The molecule has 2 aromatic rings. The van der Waals surface area contributed by atoms with Crippen molar-refractivity contribution in [2.24, 2.45) is 0 Å². The molecular formula is C13H14N2O. The van der Waals surface area contributed by atoms with Gasteiger partial charge in [0.1, 0.15) is 0 Å². The Morgan fingerprint density at radius 1 is 1.19 bits per heavy atom. The van der Waals surface area contributed by atoms with Crippen LogP contribution in [0.25, 0.3) is 0 Å². The lowest BCUT2D eigenvalue weighted by molar-refractivity contribution is 0.636. The second-order valence-electron chi connectivity index (χ2n) is 4.02. The SMILES string of the molecule is Cc1cccc(Cn2ncc(C)cc2=O)c1. The van der Waals surface area contributed by atoms with Crippen molar-refractivity contribution in [2.45, 2.75) is 20.4 Å². The first-order valence-electron chi connectivity index (χ1n) is 5.24. The standard InChI is InChI=1S/C13H14N2O/c1-10-4-3-5-12(6-10)9-15-13(16)7-11(2)8-14-15/h3-8H,9H2,1-2H3. The van der Waals surface area contributed by atoms with Gasteiger partial charge < -0.3 is 0 Å². The fourth-order valence-corrected chi connectivity index (χ4v) is 1.63.